The fourth-order valence-electron chi connectivity index (χ4n) is 1.36. The van der Waals surface area contributed by atoms with Gasteiger partial charge >= 0.3 is 0 Å². The third kappa shape index (κ3) is 2.15. The number of aromatic nitrogens is 3. The Balaban J connectivity index is 2.31. The molecule has 0 aliphatic heterocycles. The van der Waals surface area contributed by atoms with Gasteiger partial charge in [0.2, 0.25) is 5.13 Å². The van der Waals surface area contributed by atoms with Crippen LogP contribution in [0.25, 0.3) is 5.13 Å². The van der Waals surface area contributed by atoms with E-state index in [-0.39, 0.29) is 5.15 Å². The molecular formula is C10H10ClN3OS. The number of aryl methyl sites for hydroxylation is 1. The smallest absolute Gasteiger partial charge is 0.212 e. The quantitative estimate of drug-likeness (QED) is 0.790. The number of carbonyl (C=O) groups is 1. The molecule has 4 nitrogen and oxygen atoms in total. The summed E-state index contributed by atoms with van der Waals surface area (Å²) < 4.78 is 1.65. The Morgan fingerprint density at radius 1 is 1.62 bits per heavy atom. The van der Waals surface area contributed by atoms with E-state index in [1.807, 2.05) is 6.20 Å². The summed E-state index contributed by atoms with van der Waals surface area (Å²) in [6.45, 7) is 2.11. The van der Waals surface area contributed by atoms with Crippen molar-refractivity contribution in [1.29, 1.82) is 0 Å². The molecule has 0 saturated heterocycles. The lowest BCUT2D eigenvalue weighted by Crippen LogP contribution is -1.92. The van der Waals surface area contributed by atoms with E-state index in [1.54, 1.807) is 10.9 Å². The van der Waals surface area contributed by atoms with Crippen LogP contribution in [0.5, 0.6) is 0 Å². The number of carbonyl (C=O) groups excluding carboxylic acids is 1. The minimum absolute atomic E-state index is 0.238. The van der Waals surface area contributed by atoms with Crippen LogP contribution in [0.15, 0.2) is 12.4 Å². The van der Waals surface area contributed by atoms with Gasteiger partial charge in [0.1, 0.15) is 4.88 Å². The highest BCUT2D eigenvalue weighted by molar-refractivity contribution is 7.16. The van der Waals surface area contributed by atoms with Gasteiger partial charge in [-0.3, -0.25) is 4.79 Å². The summed E-state index contributed by atoms with van der Waals surface area (Å²) in [5.41, 5.74) is 1.15. The largest absolute Gasteiger partial charge is 0.297 e. The molecule has 0 bridgehead atoms. The lowest BCUT2D eigenvalue weighted by molar-refractivity contribution is 0.112. The van der Waals surface area contributed by atoms with Gasteiger partial charge in [-0.25, -0.2) is 9.67 Å². The van der Waals surface area contributed by atoms with Crippen molar-refractivity contribution in [2.45, 2.75) is 19.8 Å². The molecule has 2 aromatic heterocycles. The lowest BCUT2D eigenvalue weighted by atomic mass is 10.2. The van der Waals surface area contributed by atoms with Gasteiger partial charge in [0, 0.05) is 6.20 Å². The second kappa shape index (κ2) is 4.76. The van der Waals surface area contributed by atoms with Crippen LogP contribution in [0.1, 0.15) is 28.6 Å². The number of hydrogen-bond acceptors (Lipinski definition) is 4. The standard InChI is InChI=1S/C10H10ClN3OS/c1-2-3-7-4-12-14(5-7)10-13-9(11)8(6-15)16-10/h4-6H,2-3H2,1H3. The van der Waals surface area contributed by atoms with Gasteiger partial charge < -0.3 is 0 Å². The van der Waals surface area contributed by atoms with E-state index in [2.05, 4.69) is 17.0 Å². The molecule has 0 N–H and O–H groups in total. The first-order valence-electron chi connectivity index (χ1n) is 4.90. The van der Waals surface area contributed by atoms with E-state index >= 15 is 0 Å². The Bertz CT molecular complexity index is 506. The molecule has 0 unspecified atom stereocenters. The molecule has 0 amide bonds. The van der Waals surface area contributed by atoms with Gasteiger partial charge in [-0.1, -0.05) is 36.3 Å². The van der Waals surface area contributed by atoms with Crippen LogP contribution in [0, 0.1) is 0 Å². The summed E-state index contributed by atoms with van der Waals surface area (Å²) in [7, 11) is 0. The molecule has 0 spiro atoms. The number of aldehydes is 1. The maximum atomic E-state index is 10.6. The Labute approximate surface area is 102 Å². The van der Waals surface area contributed by atoms with E-state index in [4.69, 9.17) is 11.6 Å². The Kier molecular flexibility index (Phi) is 3.36. The van der Waals surface area contributed by atoms with Crippen LogP contribution >= 0.6 is 22.9 Å². The van der Waals surface area contributed by atoms with Crippen molar-refractivity contribution in [2.24, 2.45) is 0 Å². The summed E-state index contributed by atoms with van der Waals surface area (Å²) in [6, 6.07) is 0. The normalized spacial score (nSPS) is 10.6. The van der Waals surface area contributed by atoms with Gasteiger partial charge in [0.25, 0.3) is 0 Å². The van der Waals surface area contributed by atoms with Gasteiger partial charge in [-0.05, 0) is 12.0 Å². The first-order valence-corrected chi connectivity index (χ1v) is 6.09. The van der Waals surface area contributed by atoms with Crippen molar-refractivity contribution in [3.8, 4) is 5.13 Å². The number of nitrogens with zero attached hydrogens (tertiary/aromatic N) is 3. The molecule has 16 heavy (non-hydrogen) atoms. The summed E-state index contributed by atoms with van der Waals surface area (Å²) in [5.74, 6) is 0. The first kappa shape index (κ1) is 11.3. The molecule has 0 aliphatic rings. The number of halogens is 1. The molecule has 0 aromatic carbocycles. The third-order valence-corrected chi connectivity index (χ3v) is 3.45. The van der Waals surface area contributed by atoms with Crippen LogP contribution in [-0.4, -0.2) is 21.1 Å². The van der Waals surface area contributed by atoms with Crippen molar-refractivity contribution in [2.75, 3.05) is 0 Å². The summed E-state index contributed by atoms with van der Waals surface area (Å²) in [4.78, 5) is 15.1. The van der Waals surface area contributed by atoms with E-state index in [1.165, 1.54) is 11.3 Å². The van der Waals surface area contributed by atoms with Gasteiger partial charge in [0.05, 0.1) is 6.20 Å². The molecule has 0 saturated carbocycles. The minimum atomic E-state index is 0.238. The molecule has 0 aliphatic carbocycles. The molecule has 0 radical (unpaired) electrons. The monoisotopic (exact) mass is 255 g/mol. The van der Waals surface area contributed by atoms with Crippen molar-refractivity contribution in [1.82, 2.24) is 14.8 Å². The molecule has 2 aromatic rings. The molecule has 84 valence electrons. The zero-order chi connectivity index (χ0) is 11.5. The third-order valence-electron chi connectivity index (χ3n) is 2.08. The summed E-state index contributed by atoms with van der Waals surface area (Å²) in [5, 5.41) is 5.04. The zero-order valence-corrected chi connectivity index (χ0v) is 10.3. The molecule has 0 fully saturated rings. The highest BCUT2D eigenvalue weighted by Gasteiger charge is 2.10. The van der Waals surface area contributed by atoms with Crippen LogP contribution < -0.4 is 0 Å². The minimum Gasteiger partial charge on any atom is -0.297 e. The van der Waals surface area contributed by atoms with Crippen LogP contribution in [-0.2, 0) is 6.42 Å². The zero-order valence-electron chi connectivity index (χ0n) is 8.68. The van der Waals surface area contributed by atoms with Gasteiger partial charge in [-0.15, -0.1) is 0 Å². The average Bonchev–Trinajstić information content (AvgIpc) is 2.85. The van der Waals surface area contributed by atoms with E-state index in [0.717, 1.165) is 18.4 Å². The van der Waals surface area contributed by atoms with E-state index in [9.17, 15) is 4.79 Å². The van der Waals surface area contributed by atoms with Crippen LogP contribution in [0.4, 0.5) is 0 Å². The Morgan fingerprint density at radius 3 is 3.06 bits per heavy atom. The molecule has 0 atom stereocenters. The summed E-state index contributed by atoms with van der Waals surface area (Å²) in [6.07, 6.45) is 6.48. The number of thiazole rings is 1. The van der Waals surface area contributed by atoms with Crippen molar-refractivity contribution < 1.29 is 4.79 Å². The number of rotatable bonds is 4. The van der Waals surface area contributed by atoms with Crippen LogP contribution in [0.3, 0.4) is 0 Å². The van der Waals surface area contributed by atoms with Crippen molar-refractivity contribution >= 4 is 29.2 Å². The predicted molar refractivity (Wildman–Crippen MR) is 63.6 cm³/mol. The fraction of sp³-hybridized carbons (Fsp3) is 0.300. The maximum absolute atomic E-state index is 10.6. The molecular weight excluding hydrogens is 246 g/mol. The maximum Gasteiger partial charge on any atom is 0.212 e. The SMILES string of the molecule is CCCc1cnn(-c2nc(Cl)c(C=O)s2)c1. The van der Waals surface area contributed by atoms with Gasteiger partial charge in [-0.2, -0.15) is 5.10 Å². The average molecular weight is 256 g/mol. The van der Waals surface area contributed by atoms with Crippen LogP contribution in [0.2, 0.25) is 5.15 Å². The van der Waals surface area contributed by atoms with Crippen molar-refractivity contribution in [3.05, 3.63) is 28.0 Å². The summed E-state index contributed by atoms with van der Waals surface area (Å²) >= 11 is 7.02. The van der Waals surface area contributed by atoms with Gasteiger partial charge in [0.15, 0.2) is 11.4 Å². The Hall–Kier alpha value is -1.20. The second-order valence-electron chi connectivity index (χ2n) is 3.31. The fourth-order valence-corrected chi connectivity index (χ4v) is 2.35. The highest BCUT2D eigenvalue weighted by Crippen LogP contribution is 2.23. The molecule has 6 heteroatoms. The van der Waals surface area contributed by atoms with E-state index < -0.39 is 0 Å². The Morgan fingerprint density at radius 2 is 2.44 bits per heavy atom. The topological polar surface area (TPSA) is 47.8 Å². The van der Waals surface area contributed by atoms with E-state index in [0.29, 0.717) is 16.3 Å². The predicted octanol–water partition coefficient (Wildman–Crippen LogP) is 2.75. The highest BCUT2D eigenvalue weighted by atomic mass is 35.5. The first-order chi connectivity index (χ1) is 7.74. The lowest BCUT2D eigenvalue weighted by Gasteiger charge is -1.92. The van der Waals surface area contributed by atoms with Crippen molar-refractivity contribution in [3.63, 3.8) is 0 Å². The molecule has 2 heterocycles. The molecule has 2 rings (SSSR count). The number of hydrogen-bond donors (Lipinski definition) is 0. The second-order valence-corrected chi connectivity index (χ2v) is 4.68.